The summed E-state index contributed by atoms with van der Waals surface area (Å²) in [5.41, 5.74) is 0.368. The first kappa shape index (κ1) is 12.0. The van der Waals surface area contributed by atoms with Crippen LogP contribution < -0.4 is 0 Å². The minimum absolute atomic E-state index is 0.0931. The Morgan fingerprint density at radius 1 is 1.60 bits per heavy atom. The van der Waals surface area contributed by atoms with Crippen LogP contribution in [0.2, 0.25) is 5.15 Å². The lowest BCUT2D eigenvalue weighted by Gasteiger charge is -2.19. The summed E-state index contributed by atoms with van der Waals surface area (Å²) >= 11 is 5.70. The van der Waals surface area contributed by atoms with Gasteiger partial charge in [0.2, 0.25) is 0 Å². The molecular formula is C10H15ClN2O2. The highest BCUT2D eigenvalue weighted by Gasteiger charge is 2.17. The van der Waals surface area contributed by atoms with Crippen LogP contribution >= 0.6 is 11.6 Å². The second-order valence-electron chi connectivity index (χ2n) is 4.35. The van der Waals surface area contributed by atoms with Gasteiger partial charge in [0.25, 0.3) is 0 Å². The molecule has 1 rings (SSSR count). The van der Waals surface area contributed by atoms with Crippen LogP contribution in [0.15, 0.2) is 6.07 Å². The number of esters is 1. The van der Waals surface area contributed by atoms with Gasteiger partial charge in [-0.05, 0) is 33.8 Å². The Morgan fingerprint density at radius 2 is 2.20 bits per heavy atom. The molecule has 0 bridgehead atoms. The SMILES string of the molecule is Cc1cc(Cl)nn1CC(=O)OC(C)(C)C. The van der Waals surface area contributed by atoms with Crippen molar-refractivity contribution in [1.29, 1.82) is 0 Å². The van der Waals surface area contributed by atoms with Crippen LogP contribution in [0.3, 0.4) is 0 Å². The molecule has 5 heteroatoms. The highest BCUT2D eigenvalue weighted by molar-refractivity contribution is 6.29. The number of ether oxygens (including phenoxy) is 1. The van der Waals surface area contributed by atoms with E-state index in [1.165, 1.54) is 4.68 Å². The van der Waals surface area contributed by atoms with Crippen LogP contribution in [0, 0.1) is 6.92 Å². The molecule has 1 heterocycles. The highest BCUT2D eigenvalue weighted by atomic mass is 35.5. The summed E-state index contributed by atoms with van der Waals surface area (Å²) in [5.74, 6) is -0.314. The number of aromatic nitrogens is 2. The Balaban J connectivity index is 2.63. The maximum Gasteiger partial charge on any atom is 0.328 e. The molecule has 0 amide bonds. The number of nitrogens with zero attached hydrogens (tertiary/aromatic N) is 2. The number of halogens is 1. The van der Waals surface area contributed by atoms with Gasteiger partial charge >= 0.3 is 5.97 Å². The Bertz CT molecular complexity index is 366. The van der Waals surface area contributed by atoms with Crippen molar-refractivity contribution in [3.8, 4) is 0 Å². The molecule has 0 fully saturated rings. The molecule has 0 saturated heterocycles. The van der Waals surface area contributed by atoms with Crippen molar-refractivity contribution in [2.45, 2.75) is 39.8 Å². The van der Waals surface area contributed by atoms with Crippen LogP contribution in [-0.4, -0.2) is 21.4 Å². The zero-order chi connectivity index (χ0) is 11.6. The van der Waals surface area contributed by atoms with Gasteiger partial charge in [0, 0.05) is 5.69 Å². The van der Waals surface area contributed by atoms with E-state index in [1.54, 1.807) is 6.07 Å². The predicted octanol–water partition coefficient (Wildman–Crippen LogP) is 2.19. The lowest BCUT2D eigenvalue weighted by molar-refractivity contribution is -0.155. The summed E-state index contributed by atoms with van der Waals surface area (Å²) in [7, 11) is 0. The minimum Gasteiger partial charge on any atom is -0.459 e. The molecule has 0 aliphatic carbocycles. The van der Waals surface area contributed by atoms with Crippen LogP contribution in [0.4, 0.5) is 0 Å². The van der Waals surface area contributed by atoms with Gasteiger partial charge in [-0.3, -0.25) is 9.48 Å². The summed E-state index contributed by atoms with van der Waals surface area (Å²) < 4.78 is 6.69. The number of aryl methyl sites for hydroxylation is 1. The van der Waals surface area contributed by atoms with Crippen molar-refractivity contribution in [1.82, 2.24) is 9.78 Å². The van der Waals surface area contributed by atoms with Crippen LogP contribution in [0.1, 0.15) is 26.5 Å². The van der Waals surface area contributed by atoms with Gasteiger partial charge in [0.1, 0.15) is 12.1 Å². The van der Waals surface area contributed by atoms with Crippen LogP contribution in [-0.2, 0) is 16.1 Å². The quantitative estimate of drug-likeness (QED) is 0.732. The number of carbonyl (C=O) groups excluding carboxylic acids is 1. The van der Waals surface area contributed by atoms with Gasteiger partial charge in [0.05, 0.1) is 0 Å². The van der Waals surface area contributed by atoms with Gasteiger partial charge in [0.15, 0.2) is 5.15 Å². The van der Waals surface area contributed by atoms with E-state index < -0.39 is 5.60 Å². The molecule has 1 aromatic rings. The Kier molecular flexibility index (Phi) is 3.39. The molecule has 0 unspecified atom stereocenters. The number of carbonyl (C=O) groups is 1. The predicted molar refractivity (Wildman–Crippen MR) is 57.8 cm³/mol. The van der Waals surface area contributed by atoms with E-state index in [2.05, 4.69) is 5.10 Å². The maximum absolute atomic E-state index is 11.5. The molecule has 0 aliphatic rings. The topological polar surface area (TPSA) is 44.1 Å². The number of hydrogen-bond acceptors (Lipinski definition) is 3. The summed E-state index contributed by atoms with van der Waals surface area (Å²) in [6, 6.07) is 1.70. The monoisotopic (exact) mass is 230 g/mol. The Labute approximate surface area is 94.2 Å². The van der Waals surface area contributed by atoms with Gasteiger partial charge in [-0.1, -0.05) is 11.6 Å². The normalized spacial score (nSPS) is 11.5. The van der Waals surface area contributed by atoms with Gasteiger partial charge in [-0.15, -0.1) is 0 Å². The van der Waals surface area contributed by atoms with E-state index in [-0.39, 0.29) is 12.5 Å². The van der Waals surface area contributed by atoms with Crippen molar-refractivity contribution in [3.63, 3.8) is 0 Å². The fourth-order valence-corrected chi connectivity index (χ4v) is 1.38. The van der Waals surface area contributed by atoms with Crippen LogP contribution in [0.25, 0.3) is 0 Å². The summed E-state index contributed by atoms with van der Waals surface area (Å²) in [5, 5.41) is 4.35. The molecule has 15 heavy (non-hydrogen) atoms. The fourth-order valence-electron chi connectivity index (χ4n) is 1.13. The third-order valence-electron chi connectivity index (χ3n) is 1.65. The van der Waals surface area contributed by atoms with Crippen molar-refractivity contribution in [2.24, 2.45) is 0 Å². The van der Waals surface area contributed by atoms with E-state index >= 15 is 0 Å². The van der Waals surface area contributed by atoms with Gasteiger partial charge in [-0.25, -0.2) is 0 Å². The fraction of sp³-hybridized carbons (Fsp3) is 0.600. The second-order valence-corrected chi connectivity index (χ2v) is 4.74. The minimum atomic E-state index is -0.470. The average molecular weight is 231 g/mol. The van der Waals surface area contributed by atoms with E-state index in [4.69, 9.17) is 16.3 Å². The molecule has 0 aliphatic heterocycles. The third kappa shape index (κ3) is 3.91. The molecule has 0 aromatic carbocycles. The summed E-state index contributed by atoms with van der Waals surface area (Å²) in [4.78, 5) is 11.5. The van der Waals surface area contributed by atoms with Crippen molar-refractivity contribution in [2.75, 3.05) is 0 Å². The van der Waals surface area contributed by atoms with E-state index in [0.29, 0.717) is 5.15 Å². The smallest absolute Gasteiger partial charge is 0.328 e. The van der Waals surface area contributed by atoms with E-state index in [9.17, 15) is 4.79 Å². The van der Waals surface area contributed by atoms with Gasteiger partial charge < -0.3 is 4.74 Å². The largest absolute Gasteiger partial charge is 0.459 e. The van der Waals surface area contributed by atoms with Crippen molar-refractivity contribution >= 4 is 17.6 Å². The number of hydrogen-bond donors (Lipinski definition) is 0. The molecule has 0 saturated carbocycles. The molecule has 0 spiro atoms. The lowest BCUT2D eigenvalue weighted by atomic mass is 10.2. The zero-order valence-electron chi connectivity index (χ0n) is 9.37. The molecule has 0 N–H and O–H groups in total. The molecule has 0 radical (unpaired) electrons. The average Bonchev–Trinajstić information content (AvgIpc) is 2.25. The molecule has 0 atom stereocenters. The highest BCUT2D eigenvalue weighted by Crippen LogP contribution is 2.11. The third-order valence-corrected chi connectivity index (χ3v) is 1.83. The molecule has 84 valence electrons. The molecule has 4 nitrogen and oxygen atoms in total. The Hall–Kier alpha value is -1.03. The number of rotatable bonds is 2. The first-order chi connectivity index (χ1) is 6.78. The van der Waals surface area contributed by atoms with E-state index in [1.807, 2.05) is 27.7 Å². The first-order valence-electron chi connectivity index (χ1n) is 4.70. The molecule has 1 aromatic heterocycles. The van der Waals surface area contributed by atoms with Crippen LogP contribution in [0.5, 0.6) is 0 Å². The standard InChI is InChI=1S/C10H15ClN2O2/c1-7-5-8(11)12-13(7)6-9(14)15-10(2,3)4/h5H,6H2,1-4H3. The first-order valence-corrected chi connectivity index (χ1v) is 5.07. The van der Waals surface area contributed by atoms with E-state index in [0.717, 1.165) is 5.69 Å². The Morgan fingerprint density at radius 3 is 2.60 bits per heavy atom. The summed E-state index contributed by atoms with van der Waals surface area (Å²) in [6.07, 6.45) is 0. The summed E-state index contributed by atoms with van der Waals surface area (Å²) in [6.45, 7) is 7.41. The zero-order valence-corrected chi connectivity index (χ0v) is 10.1. The van der Waals surface area contributed by atoms with Gasteiger partial charge in [-0.2, -0.15) is 5.10 Å². The molecular weight excluding hydrogens is 216 g/mol. The van der Waals surface area contributed by atoms with Crippen molar-refractivity contribution in [3.05, 3.63) is 16.9 Å². The maximum atomic E-state index is 11.5. The second kappa shape index (κ2) is 4.23. The van der Waals surface area contributed by atoms with Crippen molar-refractivity contribution < 1.29 is 9.53 Å². The lowest BCUT2D eigenvalue weighted by Crippen LogP contribution is -2.27.